The lowest BCUT2D eigenvalue weighted by Gasteiger charge is -2.18. The third-order valence-electron chi connectivity index (χ3n) is 3.10. The number of hydrogen-bond acceptors (Lipinski definition) is 2. The Morgan fingerprint density at radius 2 is 2.11 bits per heavy atom. The van der Waals surface area contributed by atoms with Gasteiger partial charge in [0.15, 0.2) is 0 Å². The molecule has 0 saturated heterocycles. The second-order valence-electron chi connectivity index (χ2n) is 4.43. The minimum Gasteiger partial charge on any atom is -0.309 e. The normalized spacial score (nSPS) is 12.6. The maximum Gasteiger partial charge on any atom is 0.126 e. The lowest BCUT2D eigenvalue weighted by molar-refractivity contribution is 0.492. The molecule has 2 aromatic rings. The van der Waals surface area contributed by atoms with Crippen LogP contribution in [0, 0.1) is 11.6 Å². The van der Waals surface area contributed by atoms with Crippen molar-refractivity contribution in [3.8, 4) is 0 Å². The Morgan fingerprint density at radius 3 is 2.74 bits per heavy atom. The zero-order valence-corrected chi connectivity index (χ0v) is 11.0. The highest BCUT2D eigenvalue weighted by Gasteiger charge is 2.17. The van der Waals surface area contributed by atoms with Crippen LogP contribution in [0.15, 0.2) is 30.5 Å². The fourth-order valence-electron chi connectivity index (χ4n) is 2.17. The maximum absolute atomic E-state index is 13.7. The third-order valence-corrected chi connectivity index (χ3v) is 3.10. The first-order chi connectivity index (χ1) is 9.11. The average Bonchev–Trinajstić information content (AvgIpc) is 2.79. The van der Waals surface area contributed by atoms with Crippen molar-refractivity contribution < 1.29 is 8.78 Å². The molecule has 3 nitrogen and oxygen atoms in total. The van der Waals surface area contributed by atoms with Gasteiger partial charge in [-0.15, -0.1) is 0 Å². The second kappa shape index (κ2) is 5.93. The second-order valence-corrected chi connectivity index (χ2v) is 4.43. The predicted molar refractivity (Wildman–Crippen MR) is 69.7 cm³/mol. The van der Waals surface area contributed by atoms with E-state index in [0.29, 0.717) is 12.0 Å². The Kier molecular flexibility index (Phi) is 4.27. The largest absolute Gasteiger partial charge is 0.309 e. The molecule has 1 N–H and O–H groups in total. The average molecular weight is 265 g/mol. The van der Waals surface area contributed by atoms with Gasteiger partial charge in [-0.1, -0.05) is 6.92 Å². The monoisotopic (exact) mass is 265 g/mol. The highest BCUT2D eigenvalue weighted by Crippen LogP contribution is 2.20. The lowest BCUT2D eigenvalue weighted by atomic mass is 10.0. The topological polar surface area (TPSA) is 29.9 Å². The highest BCUT2D eigenvalue weighted by molar-refractivity contribution is 5.22. The van der Waals surface area contributed by atoms with Crippen molar-refractivity contribution in [3.63, 3.8) is 0 Å². The molecular formula is C14H17F2N3. The number of aryl methyl sites for hydroxylation is 1. The summed E-state index contributed by atoms with van der Waals surface area (Å²) >= 11 is 0. The van der Waals surface area contributed by atoms with Gasteiger partial charge in [-0.25, -0.2) is 8.78 Å². The van der Waals surface area contributed by atoms with Crippen molar-refractivity contribution in [2.24, 2.45) is 7.05 Å². The number of rotatable bonds is 5. The van der Waals surface area contributed by atoms with E-state index < -0.39 is 5.82 Å². The van der Waals surface area contributed by atoms with E-state index in [1.54, 1.807) is 10.9 Å². The standard InChI is InChI=1S/C14H17F2N3/c1-3-17-13(14-6-7-18-19(14)2)9-10-8-11(15)4-5-12(10)16/h4-8,13,17H,3,9H2,1-2H3. The number of benzene rings is 1. The Bertz CT molecular complexity index is 551. The number of hydrogen-bond donors (Lipinski definition) is 1. The molecule has 1 heterocycles. The van der Waals surface area contributed by atoms with Crippen LogP contribution < -0.4 is 5.32 Å². The summed E-state index contributed by atoms with van der Waals surface area (Å²) in [6, 6.07) is 5.33. The van der Waals surface area contributed by atoms with Crippen LogP contribution in [0.1, 0.15) is 24.2 Å². The van der Waals surface area contributed by atoms with Gasteiger partial charge in [0, 0.05) is 13.2 Å². The molecule has 0 radical (unpaired) electrons. The van der Waals surface area contributed by atoms with Gasteiger partial charge in [0.1, 0.15) is 11.6 Å². The Balaban J connectivity index is 2.26. The van der Waals surface area contributed by atoms with Crippen molar-refractivity contribution in [1.82, 2.24) is 15.1 Å². The van der Waals surface area contributed by atoms with E-state index in [4.69, 9.17) is 0 Å². The Hall–Kier alpha value is -1.75. The van der Waals surface area contributed by atoms with E-state index in [0.717, 1.165) is 24.4 Å². The summed E-state index contributed by atoms with van der Waals surface area (Å²) in [6.45, 7) is 2.72. The van der Waals surface area contributed by atoms with Gasteiger partial charge in [0.05, 0.1) is 11.7 Å². The number of nitrogens with one attached hydrogen (secondary N) is 1. The predicted octanol–water partition coefficient (Wildman–Crippen LogP) is 2.59. The summed E-state index contributed by atoms with van der Waals surface area (Å²) in [6.07, 6.45) is 2.08. The van der Waals surface area contributed by atoms with Gasteiger partial charge in [-0.3, -0.25) is 4.68 Å². The first kappa shape index (κ1) is 13.7. The molecule has 1 aromatic heterocycles. The first-order valence-electron chi connectivity index (χ1n) is 6.27. The first-order valence-corrected chi connectivity index (χ1v) is 6.27. The van der Waals surface area contributed by atoms with Crippen molar-refractivity contribution in [2.75, 3.05) is 6.54 Å². The number of nitrogens with zero attached hydrogens (tertiary/aromatic N) is 2. The molecule has 1 unspecified atom stereocenters. The zero-order valence-electron chi connectivity index (χ0n) is 11.0. The summed E-state index contributed by atoms with van der Waals surface area (Å²) in [5.41, 5.74) is 1.32. The van der Waals surface area contributed by atoms with E-state index in [1.807, 2.05) is 20.0 Å². The molecule has 0 amide bonds. The fraction of sp³-hybridized carbons (Fsp3) is 0.357. The highest BCUT2D eigenvalue weighted by atomic mass is 19.1. The van der Waals surface area contributed by atoms with Crippen LogP contribution in [0.3, 0.4) is 0 Å². The van der Waals surface area contributed by atoms with E-state index >= 15 is 0 Å². The van der Waals surface area contributed by atoms with Crippen LogP contribution in [-0.2, 0) is 13.5 Å². The molecule has 0 saturated carbocycles. The van der Waals surface area contributed by atoms with Crippen molar-refractivity contribution in [2.45, 2.75) is 19.4 Å². The molecule has 19 heavy (non-hydrogen) atoms. The van der Waals surface area contributed by atoms with Gasteiger partial charge in [-0.05, 0) is 42.8 Å². The van der Waals surface area contributed by atoms with Gasteiger partial charge >= 0.3 is 0 Å². The lowest BCUT2D eigenvalue weighted by Crippen LogP contribution is -2.25. The molecule has 0 bridgehead atoms. The molecule has 1 atom stereocenters. The van der Waals surface area contributed by atoms with Crippen molar-refractivity contribution in [3.05, 3.63) is 53.4 Å². The van der Waals surface area contributed by atoms with Gasteiger partial charge < -0.3 is 5.32 Å². The molecule has 1 aromatic carbocycles. The Labute approximate surface area is 111 Å². The van der Waals surface area contributed by atoms with Gasteiger partial charge in [0.25, 0.3) is 0 Å². The summed E-state index contributed by atoms with van der Waals surface area (Å²) < 4.78 is 28.6. The minimum atomic E-state index is -0.420. The summed E-state index contributed by atoms with van der Waals surface area (Å²) in [5.74, 6) is -0.803. The number of aromatic nitrogens is 2. The van der Waals surface area contributed by atoms with E-state index in [-0.39, 0.29) is 11.9 Å². The molecule has 5 heteroatoms. The molecular weight excluding hydrogens is 248 g/mol. The van der Waals surface area contributed by atoms with Crippen molar-refractivity contribution in [1.29, 1.82) is 0 Å². The van der Waals surface area contributed by atoms with E-state index in [9.17, 15) is 8.78 Å². The van der Waals surface area contributed by atoms with Crippen LogP contribution >= 0.6 is 0 Å². The molecule has 0 aliphatic rings. The van der Waals surface area contributed by atoms with Crippen LogP contribution in [0.2, 0.25) is 0 Å². The van der Waals surface area contributed by atoms with Crippen LogP contribution in [0.25, 0.3) is 0 Å². The number of halogens is 2. The summed E-state index contributed by atoms with van der Waals surface area (Å²) in [7, 11) is 1.83. The maximum atomic E-state index is 13.7. The molecule has 0 aliphatic heterocycles. The number of likely N-dealkylation sites (N-methyl/N-ethyl adjacent to an activating group) is 1. The minimum absolute atomic E-state index is 0.0891. The molecule has 2 rings (SSSR count). The third kappa shape index (κ3) is 3.17. The quantitative estimate of drug-likeness (QED) is 0.900. The van der Waals surface area contributed by atoms with Crippen LogP contribution in [0.5, 0.6) is 0 Å². The fourth-order valence-corrected chi connectivity index (χ4v) is 2.17. The zero-order chi connectivity index (χ0) is 13.8. The van der Waals surface area contributed by atoms with Crippen LogP contribution in [0.4, 0.5) is 8.78 Å². The molecule has 0 spiro atoms. The molecule has 0 fully saturated rings. The SMILES string of the molecule is CCNC(Cc1cc(F)ccc1F)c1ccnn1C. The van der Waals surface area contributed by atoms with E-state index in [2.05, 4.69) is 10.4 Å². The summed E-state index contributed by atoms with van der Waals surface area (Å²) in [5, 5.41) is 7.38. The summed E-state index contributed by atoms with van der Waals surface area (Å²) in [4.78, 5) is 0. The molecule has 102 valence electrons. The van der Waals surface area contributed by atoms with Crippen molar-refractivity contribution >= 4 is 0 Å². The van der Waals surface area contributed by atoms with E-state index in [1.165, 1.54) is 6.07 Å². The van der Waals surface area contributed by atoms with Gasteiger partial charge in [0.2, 0.25) is 0 Å². The Morgan fingerprint density at radius 1 is 1.32 bits per heavy atom. The van der Waals surface area contributed by atoms with Crippen LogP contribution in [-0.4, -0.2) is 16.3 Å². The van der Waals surface area contributed by atoms with Gasteiger partial charge in [-0.2, -0.15) is 5.10 Å². The smallest absolute Gasteiger partial charge is 0.126 e. The molecule has 0 aliphatic carbocycles.